The second kappa shape index (κ2) is 5.57. The molecule has 0 saturated heterocycles. The summed E-state index contributed by atoms with van der Waals surface area (Å²) in [6.45, 7) is 1.36. The Morgan fingerprint density at radius 1 is 1.42 bits per heavy atom. The number of thiophene rings is 1. The fourth-order valence-electron chi connectivity index (χ4n) is 2.78. The molecule has 0 amide bonds. The minimum Gasteiger partial charge on any atom is -0.341 e. The first kappa shape index (κ1) is 14.6. The van der Waals surface area contributed by atoms with Crippen LogP contribution in [0.25, 0.3) is 0 Å². The van der Waals surface area contributed by atoms with Crippen LogP contribution in [0.1, 0.15) is 15.9 Å². The van der Waals surface area contributed by atoms with Crippen molar-refractivity contribution in [3.8, 4) is 0 Å². The smallest absolute Gasteiger partial charge is 0.324 e. The Kier molecular flexibility index (Phi) is 3.39. The standard InChI is InChI=1S/C16H12N4O3S/c21-13(10-7-15(20(22)23)24-9-10)8-14-18-12-4-2-1-3-11(12)16-17-5-6-19(14)16/h1-4,7-9,18H,5-6H2. The summed E-state index contributed by atoms with van der Waals surface area (Å²) in [5.41, 5.74) is 2.22. The van der Waals surface area contributed by atoms with Crippen molar-refractivity contribution in [3.63, 3.8) is 0 Å². The summed E-state index contributed by atoms with van der Waals surface area (Å²) in [5.74, 6) is 1.22. The van der Waals surface area contributed by atoms with Gasteiger partial charge in [0.2, 0.25) is 0 Å². The van der Waals surface area contributed by atoms with Gasteiger partial charge >= 0.3 is 5.00 Å². The van der Waals surface area contributed by atoms with Crippen LogP contribution in [0.3, 0.4) is 0 Å². The van der Waals surface area contributed by atoms with E-state index in [1.165, 1.54) is 17.5 Å². The molecule has 120 valence electrons. The fraction of sp³-hybridized carbons (Fsp3) is 0.125. The van der Waals surface area contributed by atoms with E-state index >= 15 is 0 Å². The Labute approximate surface area is 141 Å². The van der Waals surface area contributed by atoms with Gasteiger partial charge in [-0.2, -0.15) is 0 Å². The number of carbonyl (C=O) groups is 1. The van der Waals surface area contributed by atoms with Crippen LogP contribution in [0.5, 0.6) is 0 Å². The van der Waals surface area contributed by atoms with Crippen molar-refractivity contribution in [1.82, 2.24) is 4.90 Å². The van der Waals surface area contributed by atoms with Crippen LogP contribution in [0.2, 0.25) is 0 Å². The predicted molar refractivity (Wildman–Crippen MR) is 91.6 cm³/mol. The van der Waals surface area contributed by atoms with Gasteiger partial charge < -0.3 is 10.2 Å². The first-order valence-corrected chi connectivity index (χ1v) is 8.19. The van der Waals surface area contributed by atoms with Crippen LogP contribution < -0.4 is 5.32 Å². The highest BCUT2D eigenvalue weighted by Gasteiger charge is 2.29. The number of benzene rings is 1. The molecule has 7 nitrogen and oxygen atoms in total. The highest BCUT2D eigenvalue weighted by atomic mass is 32.1. The number of carbonyl (C=O) groups excluding carboxylic acids is 1. The molecule has 2 aromatic rings. The van der Waals surface area contributed by atoms with Crippen LogP contribution in [0, 0.1) is 10.1 Å². The average Bonchev–Trinajstić information content (AvgIpc) is 3.25. The van der Waals surface area contributed by atoms with Crippen molar-refractivity contribution in [2.45, 2.75) is 0 Å². The van der Waals surface area contributed by atoms with Gasteiger partial charge in [-0.1, -0.05) is 23.5 Å². The molecule has 24 heavy (non-hydrogen) atoms. The quantitative estimate of drug-likeness (QED) is 0.402. The molecule has 1 aromatic heterocycles. The molecule has 8 heteroatoms. The predicted octanol–water partition coefficient (Wildman–Crippen LogP) is 2.87. The van der Waals surface area contributed by atoms with E-state index in [2.05, 4.69) is 10.3 Å². The third-order valence-corrected chi connectivity index (χ3v) is 4.76. The number of aliphatic imine (C=N–C) groups is 1. The first-order chi connectivity index (χ1) is 11.6. The summed E-state index contributed by atoms with van der Waals surface area (Å²) in [5, 5.41) is 15.5. The maximum atomic E-state index is 12.5. The molecule has 2 aliphatic rings. The number of fused-ring (bicyclic) bond motifs is 3. The average molecular weight is 340 g/mol. The largest absolute Gasteiger partial charge is 0.341 e. The lowest BCUT2D eigenvalue weighted by Gasteiger charge is -2.31. The number of hydrogen-bond acceptors (Lipinski definition) is 7. The van der Waals surface area contributed by atoms with Gasteiger partial charge in [0, 0.05) is 35.2 Å². The SMILES string of the molecule is O=C(C=C1Nc2ccccc2C2=NCCN12)c1csc([N+](=O)[O-])c1. The summed E-state index contributed by atoms with van der Waals surface area (Å²) >= 11 is 0.949. The third kappa shape index (κ3) is 2.37. The van der Waals surface area contributed by atoms with Crippen LogP contribution in [0.4, 0.5) is 10.7 Å². The Morgan fingerprint density at radius 2 is 2.25 bits per heavy atom. The summed E-state index contributed by atoms with van der Waals surface area (Å²) in [7, 11) is 0. The number of nitrogens with zero attached hydrogens (tertiary/aromatic N) is 3. The van der Waals surface area contributed by atoms with Crippen molar-refractivity contribution in [2.75, 3.05) is 18.4 Å². The molecule has 0 bridgehead atoms. The molecule has 2 aliphatic heterocycles. The first-order valence-electron chi connectivity index (χ1n) is 7.31. The zero-order valence-corrected chi connectivity index (χ0v) is 13.2. The van der Waals surface area contributed by atoms with Crippen molar-refractivity contribution >= 4 is 33.6 Å². The summed E-state index contributed by atoms with van der Waals surface area (Å²) in [6.07, 6.45) is 1.47. The van der Waals surface area contributed by atoms with Gasteiger partial charge in [-0.3, -0.25) is 19.9 Å². The monoisotopic (exact) mass is 340 g/mol. The number of ketones is 1. The lowest BCUT2D eigenvalue weighted by molar-refractivity contribution is -0.380. The van der Waals surface area contributed by atoms with E-state index in [9.17, 15) is 14.9 Å². The number of nitro groups is 1. The lowest BCUT2D eigenvalue weighted by Crippen LogP contribution is -2.36. The molecule has 1 N–H and O–H groups in total. The van der Waals surface area contributed by atoms with E-state index in [-0.39, 0.29) is 10.8 Å². The van der Waals surface area contributed by atoms with Gasteiger partial charge in [-0.15, -0.1) is 0 Å². The Hall–Kier alpha value is -3.00. The zero-order valence-electron chi connectivity index (χ0n) is 12.4. The van der Waals surface area contributed by atoms with Crippen molar-refractivity contribution in [3.05, 3.63) is 68.9 Å². The summed E-state index contributed by atoms with van der Waals surface area (Å²) < 4.78 is 0. The summed E-state index contributed by atoms with van der Waals surface area (Å²) in [4.78, 5) is 29.2. The van der Waals surface area contributed by atoms with E-state index in [1.807, 2.05) is 29.2 Å². The van der Waals surface area contributed by atoms with E-state index < -0.39 is 4.92 Å². The number of hydrogen-bond donors (Lipinski definition) is 1. The van der Waals surface area contributed by atoms with Gasteiger partial charge in [-0.05, 0) is 12.1 Å². The Balaban J connectivity index is 1.68. The van der Waals surface area contributed by atoms with Crippen molar-refractivity contribution in [1.29, 1.82) is 0 Å². The third-order valence-electron chi connectivity index (χ3n) is 3.88. The molecule has 3 heterocycles. The Bertz CT molecular complexity index is 916. The highest BCUT2D eigenvalue weighted by molar-refractivity contribution is 7.13. The van der Waals surface area contributed by atoms with E-state index in [4.69, 9.17) is 0 Å². The van der Waals surface area contributed by atoms with Crippen molar-refractivity contribution < 1.29 is 9.72 Å². The topological polar surface area (TPSA) is 87.8 Å². The molecule has 1 aromatic carbocycles. The van der Waals surface area contributed by atoms with Crippen molar-refractivity contribution in [2.24, 2.45) is 4.99 Å². The molecule has 0 atom stereocenters. The number of nitrogens with one attached hydrogen (secondary N) is 1. The number of anilines is 1. The van der Waals surface area contributed by atoms with Crippen LogP contribution >= 0.6 is 11.3 Å². The second-order valence-electron chi connectivity index (χ2n) is 5.35. The maximum absolute atomic E-state index is 12.5. The van der Waals surface area contributed by atoms with Gasteiger partial charge in [0.25, 0.3) is 0 Å². The zero-order chi connectivity index (χ0) is 16.7. The minimum absolute atomic E-state index is 0.0397. The molecule has 0 unspecified atom stereocenters. The van der Waals surface area contributed by atoms with Crippen LogP contribution in [-0.4, -0.2) is 34.5 Å². The van der Waals surface area contributed by atoms with Gasteiger partial charge in [0.05, 0.1) is 17.2 Å². The van der Waals surface area contributed by atoms with E-state index in [0.717, 1.165) is 28.4 Å². The molecule has 0 fully saturated rings. The Morgan fingerprint density at radius 3 is 3.04 bits per heavy atom. The van der Waals surface area contributed by atoms with Crippen LogP contribution in [0.15, 0.2) is 52.6 Å². The van der Waals surface area contributed by atoms with Gasteiger partial charge in [0.15, 0.2) is 5.78 Å². The number of allylic oxidation sites excluding steroid dienone is 1. The minimum atomic E-state index is -0.491. The normalized spacial score (nSPS) is 17.1. The van der Waals surface area contributed by atoms with E-state index in [0.29, 0.717) is 24.5 Å². The highest BCUT2D eigenvalue weighted by Crippen LogP contribution is 2.30. The molecule has 0 saturated carbocycles. The van der Waals surface area contributed by atoms with E-state index in [1.54, 1.807) is 0 Å². The fourth-order valence-corrected chi connectivity index (χ4v) is 3.49. The number of amidine groups is 1. The lowest BCUT2D eigenvalue weighted by atomic mass is 10.1. The number of para-hydroxylation sites is 1. The number of rotatable bonds is 3. The second-order valence-corrected chi connectivity index (χ2v) is 6.24. The molecular weight excluding hydrogens is 328 g/mol. The molecule has 0 radical (unpaired) electrons. The molecule has 0 spiro atoms. The molecular formula is C16H12N4O3S. The summed E-state index contributed by atoms with van der Waals surface area (Å²) in [6, 6.07) is 9.09. The van der Waals surface area contributed by atoms with Gasteiger partial charge in [-0.25, -0.2) is 0 Å². The molecule has 0 aliphatic carbocycles. The molecule has 4 rings (SSSR count). The van der Waals surface area contributed by atoms with Gasteiger partial charge in [0.1, 0.15) is 11.7 Å². The maximum Gasteiger partial charge on any atom is 0.324 e. The van der Waals surface area contributed by atoms with Crippen LogP contribution in [-0.2, 0) is 0 Å².